The summed E-state index contributed by atoms with van der Waals surface area (Å²) in [6.07, 6.45) is 0.321. The summed E-state index contributed by atoms with van der Waals surface area (Å²) in [5.74, 6) is 1.20. The van der Waals surface area contributed by atoms with Crippen LogP contribution in [0.2, 0.25) is 0 Å². The first-order valence-corrected chi connectivity index (χ1v) is 6.61. The summed E-state index contributed by atoms with van der Waals surface area (Å²) in [4.78, 5) is 0. The molecular formula is C16H16FNO2. The summed E-state index contributed by atoms with van der Waals surface area (Å²) in [5, 5.41) is 0. The van der Waals surface area contributed by atoms with Crippen molar-refractivity contribution < 1.29 is 13.9 Å². The van der Waals surface area contributed by atoms with Crippen molar-refractivity contribution in [3.63, 3.8) is 0 Å². The van der Waals surface area contributed by atoms with Crippen molar-refractivity contribution in [1.82, 2.24) is 0 Å². The molecule has 2 N–H and O–H groups in total. The van der Waals surface area contributed by atoms with E-state index in [4.69, 9.17) is 15.2 Å². The zero-order valence-electron chi connectivity index (χ0n) is 11.0. The summed E-state index contributed by atoms with van der Waals surface area (Å²) in [5.41, 5.74) is 7.02. The molecule has 0 aliphatic carbocycles. The number of hydrogen-bond donors (Lipinski definition) is 1. The molecule has 104 valence electrons. The Kier molecular flexibility index (Phi) is 3.56. The Labute approximate surface area is 117 Å². The van der Waals surface area contributed by atoms with Crippen molar-refractivity contribution in [2.45, 2.75) is 18.6 Å². The maximum atomic E-state index is 13.2. The normalized spacial score (nSPS) is 18.6. The monoisotopic (exact) mass is 273 g/mol. The van der Waals surface area contributed by atoms with Crippen LogP contribution in [0, 0.1) is 5.82 Å². The second-order valence-electron chi connectivity index (χ2n) is 4.91. The van der Waals surface area contributed by atoms with Gasteiger partial charge in [-0.15, -0.1) is 0 Å². The molecule has 3 nitrogen and oxygen atoms in total. The average molecular weight is 273 g/mol. The van der Waals surface area contributed by atoms with E-state index in [0.717, 1.165) is 11.3 Å². The van der Waals surface area contributed by atoms with Crippen LogP contribution in [0.4, 0.5) is 4.39 Å². The Hall–Kier alpha value is -2.07. The molecule has 1 aliphatic heterocycles. The lowest BCUT2D eigenvalue weighted by Crippen LogP contribution is -2.46. The fraction of sp³-hybridized carbons (Fsp3) is 0.250. The zero-order chi connectivity index (χ0) is 13.9. The molecule has 0 saturated carbocycles. The van der Waals surface area contributed by atoms with E-state index in [1.54, 1.807) is 6.07 Å². The standard InChI is InChI=1S/C16H16FNO2/c17-12-5-3-4-11(8-12)9-13(18)16-10-19-14-6-1-2-7-15(14)20-16/h1-8,13,16H,9-10,18H2. The van der Waals surface area contributed by atoms with Gasteiger partial charge in [0.1, 0.15) is 18.5 Å². The molecule has 3 rings (SSSR count). The van der Waals surface area contributed by atoms with Gasteiger partial charge in [0.15, 0.2) is 11.5 Å². The molecule has 2 aromatic rings. The lowest BCUT2D eigenvalue weighted by atomic mass is 10.0. The Morgan fingerprint density at radius 3 is 2.75 bits per heavy atom. The molecule has 2 aromatic carbocycles. The van der Waals surface area contributed by atoms with E-state index in [9.17, 15) is 4.39 Å². The van der Waals surface area contributed by atoms with Gasteiger partial charge in [0.05, 0.1) is 0 Å². The highest BCUT2D eigenvalue weighted by atomic mass is 19.1. The molecule has 0 fully saturated rings. The highest BCUT2D eigenvalue weighted by Gasteiger charge is 2.26. The van der Waals surface area contributed by atoms with Crippen molar-refractivity contribution in [3.8, 4) is 11.5 Å². The van der Waals surface area contributed by atoms with E-state index in [-0.39, 0.29) is 18.0 Å². The number of halogens is 1. The van der Waals surface area contributed by atoms with Crippen molar-refractivity contribution in [3.05, 3.63) is 59.9 Å². The number of hydrogen-bond acceptors (Lipinski definition) is 3. The third-order valence-electron chi connectivity index (χ3n) is 3.37. The van der Waals surface area contributed by atoms with Gasteiger partial charge >= 0.3 is 0 Å². The van der Waals surface area contributed by atoms with Crippen LogP contribution in [0.25, 0.3) is 0 Å². The van der Waals surface area contributed by atoms with Crippen molar-refractivity contribution in [2.75, 3.05) is 6.61 Å². The number of fused-ring (bicyclic) bond motifs is 1. The van der Waals surface area contributed by atoms with Gasteiger partial charge in [-0.2, -0.15) is 0 Å². The molecule has 1 heterocycles. The van der Waals surface area contributed by atoms with Crippen molar-refractivity contribution in [1.29, 1.82) is 0 Å². The van der Waals surface area contributed by atoms with Crippen molar-refractivity contribution in [2.24, 2.45) is 5.73 Å². The van der Waals surface area contributed by atoms with E-state index < -0.39 is 0 Å². The van der Waals surface area contributed by atoms with Gasteiger partial charge in [-0.1, -0.05) is 24.3 Å². The fourth-order valence-corrected chi connectivity index (χ4v) is 2.31. The number of nitrogens with two attached hydrogens (primary N) is 1. The van der Waals surface area contributed by atoms with Gasteiger partial charge in [0.25, 0.3) is 0 Å². The van der Waals surface area contributed by atoms with E-state index in [1.165, 1.54) is 12.1 Å². The first-order chi connectivity index (χ1) is 9.72. The summed E-state index contributed by atoms with van der Waals surface area (Å²) >= 11 is 0. The number of ether oxygens (including phenoxy) is 2. The zero-order valence-corrected chi connectivity index (χ0v) is 11.0. The average Bonchev–Trinajstić information content (AvgIpc) is 2.47. The van der Waals surface area contributed by atoms with Crippen LogP contribution in [0.15, 0.2) is 48.5 Å². The van der Waals surface area contributed by atoms with Gasteiger partial charge < -0.3 is 15.2 Å². The molecule has 2 unspecified atom stereocenters. The highest BCUT2D eigenvalue weighted by molar-refractivity contribution is 5.40. The lowest BCUT2D eigenvalue weighted by molar-refractivity contribution is 0.0722. The molecule has 0 saturated heterocycles. The van der Waals surface area contributed by atoms with E-state index in [1.807, 2.05) is 30.3 Å². The Morgan fingerprint density at radius 2 is 1.95 bits per heavy atom. The van der Waals surface area contributed by atoms with Crippen molar-refractivity contribution >= 4 is 0 Å². The first kappa shape index (κ1) is 12.9. The van der Waals surface area contributed by atoms with E-state index >= 15 is 0 Å². The predicted molar refractivity (Wildman–Crippen MR) is 74.4 cm³/mol. The maximum absolute atomic E-state index is 13.2. The third-order valence-corrected chi connectivity index (χ3v) is 3.37. The molecule has 0 radical (unpaired) electrons. The maximum Gasteiger partial charge on any atom is 0.161 e. The molecule has 1 aliphatic rings. The van der Waals surface area contributed by atoms with Gasteiger partial charge in [-0.25, -0.2) is 4.39 Å². The molecular weight excluding hydrogens is 257 g/mol. The van der Waals surface area contributed by atoms with Crippen LogP contribution >= 0.6 is 0 Å². The summed E-state index contributed by atoms with van der Waals surface area (Å²) < 4.78 is 24.7. The van der Waals surface area contributed by atoms with Crippen LogP contribution in [-0.2, 0) is 6.42 Å². The van der Waals surface area contributed by atoms with Crippen LogP contribution in [0.5, 0.6) is 11.5 Å². The van der Waals surface area contributed by atoms with Gasteiger partial charge in [-0.3, -0.25) is 0 Å². The minimum atomic E-state index is -0.249. The van der Waals surface area contributed by atoms with E-state index in [0.29, 0.717) is 18.8 Å². The fourth-order valence-electron chi connectivity index (χ4n) is 2.31. The van der Waals surface area contributed by atoms with Crippen LogP contribution < -0.4 is 15.2 Å². The second-order valence-corrected chi connectivity index (χ2v) is 4.91. The SMILES string of the molecule is NC(Cc1cccc(F)c1)C1COc2ccccc2O1. The molecule has 4 heteroatoms. The number of para-hydroxylation sites is 2. The summed E-state index contributed by atoms with van der Waals surface area (Å²) in [6, 6.07) is 13.7. The van der Waals surface area contributed by atoms with Crippen LogP contribution in [-0.4, -0.2) is 18.8 Å². The Bertz CT molecular complexity index is 603. The number of rotatable bonds is 3. The molecule has 0 bridgehead atoms. The second kappa shape index (κ2) is 5.51. The Balaban J connectivity index is 1.68. The summed E-state index contributed by atoms with van der Waals surface area (Å²) in [6.45, 7) is 0.410. The van der Waals surface area contributed by atoms with Gasteiger partial charge in [-0.05, 0) is 36.2 Å². The van der Waals surface area contributed by atoms with E-state index in [2.05, 4.69) is 0 Å². The minimum Gasteiger partial charge on any atom is -0.486 e. The summed E-state index contributed by atoms with van der Waals surface area (Å²) in [7, 11) is 0. The highest BCUT2D eigenvalue weighted by Crippen LogP contribution is 2.31. The van der Waals surface area contributed by atoms with Gasteiger partial charge in [0.2, 0.25) is 0 Å². The molecule has 2 atom stereocenters. The lowest BCUT2D eigenvalue weighted by Gasteiger charge is -2.30. The first-order valence-electron chi connectivity index (χ1n) is 6.61. The van der Waals surface area contributed by atoms with Crippen LogP contribution in [0.1, 0.15) is 5.56 Å². The largest absolute Gasteiger partial charge is 0.486 e. The molecule has 0 spiro atoms. The topological polar surface area (TPSA) is 44.5 Å². The molecule has 20 heavy (non-hydrogen) atoms. The van der Waals surface area contributed by atoms with Crippen LogP contribution in [0.3, 0.4) is 0 Å². The molecule has 0 aromatic heterocycles. The smallest absolute Gasteiger partial charge is 0.161 e. The third kappa shape index (κ3) is 2.75. The quantitative estimate of drug-likeness (QED) is 0.934. The predicted octanol–water partition coefficient (Wildman–Crippen LogP) is 2.54. The minimum absolute atomic E-state index is 0.229. The van der Waals surface area contributed by atoms with Gasteiger partial charge in [0, 0.05) is 6.04 Å². The number of benzene rings is 2. The molecule has 0 amide bonds. The Morgan fingerprint density at radius 1 is 1.15 bits per heavy atom.